The van der Waals surface area contributed by atoms with Gasteiger partial charge in [-0.05, 0) is 31.5 Å². The Bertz CT molecular complexity index is 648. The van der Waals surface area contributed by atoms with Crippen molar-refractivity contribution in [1.29, 1.82) is 0 Å². The van der Waals surface area contributed by atoms with E-state index in [1.54, 1.807) is 16.6 Å². The van der Waals surface area contributed by atoms with Crippen LogP contribution in [0.4, 0.5) is 5.69 Å². The van der Waals surface area contributed by atoms with Gasteiger partial charge in [-0.15, -0.1) is 0 Å². The number of rotatable bonds is 4. The molecule has 0 aliphatic heterocycles. The lowest BCUT2D eigenvalue weighted by Crippen LogP contribution is -2.29. The van der Waals surface area contributed by atoms with Crippen LogP contribution in [-0.4, -0.2) is 27.6 Å². The van der Waals surface area contributed by atoms with Gasteiger partial charge in [0.25, 0.3) is 5.91 Å². The van der Waals surface area contributed by atoms with Gasteiger partial charge >= 0.3 is 0 Å². The molecule has 0 saturated carbocycles. The number of nitrogens with two attached hydrogens (primary N) is 1. The van der Waals surface area contributed by atoms with Gasteiger partial charge < -0.3 is 10.6 Å². The number of aromatic nitrogens is 2. The predicted molar refractivity (Wildman–Crippen MR) is 87.0 cm³/mol. The summed E-state index contributed by atoms with van der Waals surface area (Å²) in [7, 11) is 1.77. The molecule has 1 aromatic heterocycles. The molecular formula is C15H19BrN4O. The first-order chi connectivity index (χ1) is 9.93. The van der Waals surface area contributed by atoms with Crippen molar-refractivity contribution >= 4 is 27.5 Å². The summed E-state index contributed by atoms with van der Waals surface area (Å²) in [6, 6.07) is 7.89. The number of halogens is 1. The van der Waals surface area contributed by atoms with Gasteiger partial charge in [0.05, 0.1) is 11.4 Å². The Morgan fingerprint density at radius 3 is 2.57 bits per heavy atom. The fourth-order valence-electron chi connectivity index (χ4n) is 2.17. The molecule has 112 valence electrons. The number of carbonyl (C=O) groups excluding carboxylic acids is 1. The van der Waals surface area contributed by atoms with Crippen molar-refractivity contribution in [1.82, 2.24) is 14.7 Å². The highest BCUT2D eigenvalue weighted by molar-refractivity contribution is 9.10. The Morgan fingerprint density at radius 2 is 2.00 bits per heavy atom. The van der Waals surface area contributed by atoms with Crippen LogP contribution in [0.5, 0.6) is 0 Å². The van der Waals surface area contributed by atoms with Gasteiger partial charge in [-0.3, -0.25) is 9.48 Å². The number of hydrogen-bond donors (Lipinski definition) is 1. The van der Waals surface area contributed by atoms with Gasteiger partial charge in [0.15, 0.2) is 0 Å². The van der Waals surface area contributed by atoms with Crippen LogP contribution in [0, 0.1) is 6.92 Å². The van der Waals surface area contributed by atoms with Crippen molar-refractivity contribution in [3.8, 4) is 0 Å². The third-order valence-electron chi connectivity index (χ3n) is 3.36. The molecule has 5 nitrogen and oxygen atoms in total. The van der Waals surface area contributed by atoms with E-state index in [-0.39, 0.29) is 5.91 Å². The Kier molecular flexibility index (Phi) is 4.67. The van der Waals surface area contributed by atoms with E-state index in [1.165, 1.54) is 0 Å². The molecule has 0 unspecified atom stereocenters. The average Bonchev–Trinajstić information content (AvgIpc) is 2.76. The average molecular weight is 351 g/mol. The van der Waals surface area contributed by atoms with Crippen LogP contribution < -0.4 is 5.73 Å². The third kappa shape index (κ3) is 3.26. The topological polar surface area (TPSA) is 64.2 Å². The molecular weight excluding hydrogens is 332 g/mol. The maximum Gasteiger partial charge on any atom is 0.274 e. The summed E-state index contributed by atoms with van der Waals surface area (Å²) in [5.41, 5.74) is 8.68. The van der Waals surface area contributed by atoms with Crippen LogP contribution >= 0.6 is 15.9 Å². The lowest BCUT2D eigenvalue weighted by molar-refractivity contribution is 0.0774. The van der Waals surface area contributed by atoms with Crippen molar-refractivity contribution in [3.05, 3.63) is 45.7 Å². The lowest BCUT2D eigenvalue weighted by Gasteiger charge is -2.18. The van der Waals surface area contributed by atoms with Crippen LogP contribution in [0.2, 0.25) is 0 Å². The first-order valence-electron chi connectivity index (χ1n) is 6.76. The normalized spacial score (nSPS) is 10.7. The molecule has 2 aromatic rings. The highest BCUT2D eigenvalue weighted by atomic mass is 79.9. The molecule has 0 aliphatic carbocycles. The second-order valence-electron chi connectivity index (χ2n) is 4.95. The number of amides is 1. The van der Waals surface area contributed by atoms with Gasteiger partial charge in [0.2, 0.25) is 0 Å². The quantitative estimate of drug-likeness (QED) is 0.921. The zero-order chi connectivity index (χ0) is 15.6. The smallest absolute Gasteiger partial charge is 0.274 e. The van der Waals surface area contributed by atoms with E-state index in [9.17, 15) is 4.79 Å². The molecule has 0 spiro atoms. The van der Waals surface area contributed by atoms with E-state index in [2.05, 4.69) is 21.0 Å². The summed E-state index contributed by atoms with van der Waals surface area (Å²) in [5.74, 6) is -0.113. The van der Waals surface area contributed by atoms with Crippen molar-refractivity contribution in [2.24, 2.45) is 0 Å². The minimum Gasteiger partial charge on any atom is -0.395 e. The minimum atomic E-state index is -0.113. The lowest BCUT2D eigenvalue weighted by atomic mass is 10.2. The number of anilines is 1. The van der Waals surface area contributed by atoms with Crippen molar-refractivity contribution in [2.75, 3.05) is 12.8 Å². The minimum absolute atomic E-state index is 0.113. The second-order valence-corrected chi connectivity index (χ2v) is 5.87. The van der Waals surface area contributed by atoms with E-state index in [4.69, 9.17) is 5.73 Å². The van der Waals surface area contributed by atoms with E-state index < -0.39 is 0 Å². The molecule has 6 heteroatoms. The molecule has 21 heavy (non-hydrogen) atoms. The zero-order valence-electron chi connectivity index (χ0n) is 12.4. The van der Waals surface area contributed by atoms with Crippen molar-refractivity contribution in [2.45, 2.75) is 26.9 Å². The molecule has 1 amide bonds. The summed E-state index contributed by atoms with van der Waals surface area (Å²) < 4.78 is 2.68. The third-order valence-corrected chi connectivity index (χ3v) is 3.88. The molecule has 0 aliphatic rings. The van der Waals surface area contributed by atoms with Gasteiger partial charge in [-0.1, -0.05) is 28.1 Å². The van der Waals surface area contributed by atoms with E-state index >= 15 is 0 Å². The molecule has 0 fully saturated rings. The second kappa shape index (κ2) is 6.30. The van der Waals surface area contributed by atoms with Gasteiger partial charge in [-0.2, -0.15) is 5.10 Å². The molecule has 1 aromatic carbocycles. The predicted octanol–water partition coefficient (Wildman–Crippen LogP) is 2.83. The van der Waals surface area contributed by atoms with Gasteiger partial charge in [0, 0.05) is 24.6 Å². The molecule has 2 rings (SSSR count). The maximum atomic E-state index is 12.6. The monoisotopic (exact) mass is 350 g/mol. The number of hydrogen-bond acceptors (Lipinski definition) is 3. The fraction of sp³-hybridized carbons (Fsp3) is 0.333. The molecule has 2 N–H and O–H groups in total. The largest absolute Gasteiger partial charge is 0.395 e. The standard InChI is InChI=1S/C15H19BrN4O/c1-4-20-14(13(17)10(2)18-20)15(21)19(3)9-11-5-7-12(16)8-6-11/h5-8H,4,9,17H2,1-3H3. The van der Waals surface area contributed by atoms with Crippen LogP contribution in [0.3, 0.4) is 0 Å². The zero-order valence-corrected chi connectivity index (χ0v) is 14.0. The summed E-state index contributed by atoms with van der Waals surface area (Å²) in [4.78, 5) is 14.3. The first kappa shape index (κ1) is 15.6. The van der Waals surface area contributed by atoms with E-state index in [0.29, 0.717) is 30.2 Å². The van der Waals surface area contributed by atoms with Crippen molar-refractivity contribution < 1.29 is 4.79 Å². The van der Waals surface area contributed by atoms with Crippen molar-refractivity contribution in [3.63, 3.8) is 0 Å². The Labute approximate surface area is 132 Å². The van der Waals surface area contributed by atoms with E-state index in [0.717, 1.165) is 10.0 Å². The number of nitrogens with zero attached hydrogens (tertiary/aromatic N) is 3. The molecule has 0 radical (unpaired) electrons. The maximum absolute atomic E-state index is 12.6. The highest BCUT2D eigenvalue weighted by Gasteiger charge is 2.22. The molecule has 0 bridgehead atoms. The summed E-state index contributed by atoms with van der Waals surface area (Å²) >= 11 is 3.40. The molecule has 0 atom stereocenters. The van der Waals surface area contributed by atoms with Crippen LogP contribution in [0.25, 0.3) is 0 Å². The molecule has 1 heterocycles. The Hall–Kier alpha value is -1.82. The number of benzene rings is 1. The number of nitrogen functional groups attached to an aromatic ring is 1. The van der Waals surface area contributed by atoms with Gasteiger partial charge in [0.1, 0.15) is 5.69 Å². The summed E-state index contributed by atoms with van der Waals surface area (Å²) in [6.07, 6.45) is 0. The van der Waals surface area contributed by atoms with Gasteiger partial charge in [-0.25, -0.2) is 0 Å². The van der Waals surface area contributed by atoms with E-state index in [1.807, 2.05) is 38.1 Å². The highest BCUT2D eigenvalue weighted by Crippen LogP contribution is 2.19. The summed E-state index contributed by atoms with van der Waals surface area (Å²) in [6.45, 7) is 4.90. The number of aryl methyl sites for hydroxylation is 2. The Morgan fingerprint density at radius 1 is 1.38 bits per heavy atom. The summed E-state index contributed by atoms with van der Waals surface area (Å²) in [5, 5.41) is 4.29. The molecule has 0 saturated heterocycles. The number of carbonyl (C=O) groups is 1. The SMILES string of the molecule is CCn1nc(C)c(N)c1C(=O)N(C)Cc1ccc(Br)cc1. The first-order valence-corrected chi connectivity index (χ1v) is 7.56. The van der Waals surface area contributed by atoms with Crippen LogP contribution in [0.15, 0.2) is 28.7 Å². The van der Waals surface area contributed by atoms with Crippen LogP contribution in [-0.2, 0) is 13.1 Å². The fourth-order valence-corrected chi connectivity index (χ4v) is 2.43. The Balaban J connectivity index is 2.21. The van der Waals surface area contributed by atoms with Crippen LogP contribution in [0.1, 0.15) is 28.7 Å².